The molecule has 0 radical (unpaired) electrons. The molecule has 7 nitrogen and oxygen atoms in total. The van der Waals surface area contributed by atoms with E-state index in [4.69, 9.17) is 4.42 Å². The van der Waals surface area contributed by atoms with Gasteiger partial charge in [-0.1, -0.05) is 0 Å². The van der Waals surface area contributed by atoms with Gasteiger partial charge in [0, 0.05) is 37.9 Å². The molecular formula is C15H18N6O. The Morgan fingerprint density at radius 2 is 2.32 bits per heavy atom. The fourth-order valence-corrected chi connectivity index (χ4v) is 3.07. The highest BCUT2D eigenvalue weighted by Crippen LogP contribution is 2.19. The zero-order chi connectivity index (χ0) is 14.8. The van der Waals surface area contributed by atoms with Gasteiger partial charge in [-0.25, -0.2) is 9.97 Å². The summed E-state index contributed by atoms with van der Waals surface area (Å²) in [6, 6.07) is 3.95. The van der Waals surface area contributed by atoms with Gasteiger partial charge in [0.2, 0.25) is 0 Å². The third-order valence-corrected chi connectivity index (χ3v) is 4.01. The summed E-state index contributed by atoms with van der Waals surface area (Å²) in [5, 5.41) is 4.23. The number of nitrogens with zero attached hydrogens (tertiary/aromatic N) is 6. The van der Waals surface area contributed by atoms with E-state index in [-0.39, 0.29) is 0 Å². The monoisotopic (exact) mass is 298 g/mol. The SMILES string of the molecule is c1coc(CN2Cc3nccn3C[C@H](Cn3cncn3)C2)c1. The molecule has 0 fully saturated rings. The molecule has 0 spiro atoms. The second kappa shape index (κ2) is 5.76. The lowest BCUT2D eigenvalue weighted by Crippen LogP contribution is -2.30. The minimum Gasteiger partial charge on any atom is -0.468 e. The van der Waals surface area contributed by atoms with Gasteiger partial charge in [-0.2, -0.15) is 5.10 Å². The Hall–Kier alpha value is -2.41. The molecule has 3 aromatic heterocycles. The second-order valence-electron chi connectivity index (χ2n) is 5.73. The summed E-state index contributed by atoms with van der Waals surface area (Å²) in [5.41, 5.74) is 0. The molecule has 1 aliphatic heterocycles. The maximum Gasteiger partial charge on any atom is 0.137 e. The molecule has 0 bridgehead atoms. The highest BCUT2D eigenvalue weighted by atomic mass is 16.3. The predicted octanol–water partition coefficient (Wildman–Crippen LogP) is 1.40. The summed E-state index contributed by atoms with van der Waals surface area (Å²) >= 11 is 0. The van der Waals surface area contributed by atoms with E-state index >= 15 is 0 Å². The first-order chi connectivity index (χ1) is 10.9. The third-order valence-electron chi connectivity index (χ3n) is 4.01. The van der Waals surface area contributed by atoms with Crippen LogP contribution in [0.3, 0.4) is 0 Å². The van der Waals surface area contributed by atoms with Crippen LogP contribution in [0, 0.1) is 5.92 Å². The minimum absolute atomic E-state index is 0.451. The smallest absolute Gasteiger partial charge is 0.137 e. The van der Waals surface area contributed by atoms with Gasteiger partial charge in [0.05, 0.1) is 19.4 Å². The largest absolute Gasteiger partial charge is 0.468 e. The van der Waals surface area contributed by atoms with Crippen LogP contribution in [0.2, 0.25) is 0 Å². The van der Waals surface area contributed by atoms with Gasteiger partial charge >= 0.3 is 0 Å². The first-order valence-corrected chi connectivity index (χ1v) is 7.44. The molecule has 0 unspecified atom stereocenters. The lowest BCUT2D eigenvalue weighted by atomic mass is 10.1. The van der Waals surface area contributed by atoms with Crippen LogP contribution in [-0.4, -0.2) is 35.8 Å². The molecular weight excluding hydrogens is 280 g/mol. The minimum atomic E-state index is 0.451. The lowest BCUT2D eigenvalue weighted by Gasteiger charge is -2.22. The van der Waals surface area contributed by atoms with Gasteiger partial charge in [0.15, 0.2) is 0 Å². The molecule has 0 N–H and O–H groups in total. The Bertz CT molecular complexity index is 644. The molecule has 0 aliphatic carbocycles. The van der Waals surface area contributed by atoms with Crippen LogP contribution in [0.25, 0.3) is 0 Å². The highest BCUT2D eigenvalue weighted by Gasteiger charge is 2.23. The zero-order valence-corrected chi connectivity index (χ0v) is 12.2. The topological polar surface area (TPSA) is 64.9 Å². The van der Waals surface area contributed by atoms with Crippen molar-refractivity contribution in [3.8, 4) is 0 Å². The molecule has 4 rings (SSSR count). The molecule has 22 heavy (non-hydrogen) atoms. The van der Waals surface area contributed by atoms with Gasteiger partial charge in [0.1, 0.15) is 24.2 Å². The Kier molecular flexibility index (Phi) is 3.48. The third kappa shape index (κ3) is 2.80. The van der Waals surface area contributed by atoms with Crippen LogP contribution >= 0.6 is 0 Å². The van der Waals surface area contributed by atoms with Crippen LogP contribution < -0.4 is 0 Å². The van der Waals surface area contributed by atoms with E-state index in [1.54, 1.807) is 18.9 Å². The Morgan fingerprint density at radius 3 is 3.14 bits per heavy atom. The number of furan rings is 1. The predicted molar refractivity (Wildman–Crippen MR) is 78.6 cm³/mol. The quantitative estimate of drug-likeness (QED) is 0.728. The van der Waals surface area contributed by atoms with Crippen molar-refractivity contribution in [2.24, 2.45) is 5.92 Å². The summed E-state index contributed by atoms with van der Waals surface area (Å²) < 4.78 is 9.63. The summed E-state index contributed by atoms with van der Waals surface area (Å²) in [6.45, 7) is 4.41. The molecule has 0 saturated carbocycles. The van der Waals surface area contributed by atoms with E-state index in [1.165, 1.54) is 0 Å². The van der Waals surface area contributed by atoms with Crippen LogP contribution in [0.5, 0.6) is 0 Å². The van der Waals surface area contributed by atoms with Crippen molar-refractivity contribution < 1.29 is 4.42 Å². The number of aromatic nitrogens is 5. The Morgan fingerprint density at radius 1 is 1.32 bits per heavy atom. The van der Waals surface area contributed by atoms with Gasteiger partial charge in [-0.05, 0) is 12.1 Å². The molecule has 114 valence electrons. The normalized spacial score (nSPS) is 19.0. The second-order valence-corrected chi connectivity index (χ2v) is 5.73. The zero-order valence-electron chi connectivity index (χ0n) is 12.2. The summed E-state index contributed by atoms with van der Waals surface area (Å²) in [4.78, 5) is 10.9. The highest BCUT2D eigenvalue weighted by molar-refractivity contribution is 5.00. The summed E-state index contributed by atoms with van der Waals surface area (Å²) in [7, 11) is 0. The van der Waals surface area contributed by atoms with E-state index in [1.807, 2.05) is 23.0 Å². The van der Waals surface area contributed by atoms with Crippen LogP contribution in [0.1, 0.15) is 11.6 Å². The van der Waals surface area contributed by atoms with E-state index in [0.29, 0.717) is 5.92 Å². The summed E-state index contributed by atoms with van der Waals surface area (Å²) in [5.74, 6) is 2.54. The lowest BCUT2D eigenvalue weighted by molar-refractivity contribution is 0.192. The number of hydrogen-bond donors (Lipinski definition) is 0. The van der Waals surface area contributed by atoms with E-state index < -0.39 is 0 Å². The van der Waals surface area contributed by atoms with Crippen LogP contribution in [-0.2, 0) is 26.2 Å². The number of imidazole rings is 1. The first-order valence-electron chi connectivity index (χ1n) is 7.44. The maximum atomic E-state index is 5.49. The standard InChI is InChI=1S/C15H18N6O/c1-2-14(22-5-1)9-19-6-13(8-21-12-16-11-18-21)7-20-4-3-17-15(20)10-19/h1-5,11-13H,6-10H2/t13-/m1/s1. The molecule has 0 saturated heterocycles. The van der Waals surface area contributed by atoms with Crippen LogP contribution in [0.15, 0.2) is 47.9 Å². The number of rotatable bonds is 4. The average molecular weight is 298 g/mol. The van der Waals surface area contributed by atoms with Crippen molar-refractivity contribution in [3.05, 3.63) is 55.0 Å². The molecule has 0 amide bonds. The van der Waals surface area contributed by atoms with Crippen molar-refractivity contribution in [2.45, 2.75) is 26.2 Å². The fourth-order valence-electron chi connectivity index (χ4n) is 3.07. The molecule has 7 heteroatoms. The van der Waals surface area contributed by atoms with Crippen molar-refractivity contribution in [3.63, 3.8) is 0 Å². The van der Waals surface area contributed by atoms with Crippen molar-refractivity contribution in [2.75, 3.05) is 6.54 Å². The van der Waals surface area contributed by atoms with Crippen LogP contribution in [0.4, 0.5) is 0 Å². The van der Waals surface area contributed by atoms with Gasteiger partial charge in [-0.3, -0.25) is 9.58 Å². The molecule has 1 aliphatic rings. The fraction of sp³-hybridized carbons (Fsp3) is 0.400. The Labute approximate surface area is 128 Å². The van der Waals surface area contributed by atoms with Gasteiger partial charge in [0.25, 0.3) is 0 Å². The van der Waals surface area contributed by atoms with Crippen molar-refractivity contribution in [1.82, 2.24) is 29.2 Å². The maximum absolute atomic E-state index is 5.49. The van der Waals surface area contributed by atoms with E-state index in [2.05, 4.69) is 30.7 Å². The summed E-state index contributed by atoms with van der Waals surface area (Å²) in [6.07, 6.45) is 9.01. The van der Waals surface area contributed by atoms with Gasteiger partial charge in [-0.15, -0.1) is 0 Å². The molecule has 3 aromatic rings. The molecule has 0 aromatic carbocycles. The average Bonchev–Trinajstić information content (AvgIpc) is 3.22. The number of hydrogen-bond acceptors (Lipinski definition) is 5. The van der Waals surface area contributed by atoms with Gasteiger partial charge < -0.3 is 8.98 Å². The van der Waals surface area contributed by atoms with Crippen molar-refractivity contribution in [1.29, 1.82) is 0 Å². The van der Waals surface area contributed by atoms with Crippen molar-refractivity contribution >= 4 is 0 Å². The molecule has 4 heterocycles. The number of fused-ring (bicyclic) bond motifs is 1. The Balaban J connectivity index is 1.54. The van der Waals surface area contributed by atoms with E-state index in [0.717, 1.165) is 44.3 Å². The van der Waals surface area contributed by atoms with E-state index in [9.17, 15) is 0 Å². The first kappa shape index (κ1) is 13.3. The molecule has 1 atom stereocenters.